The highest BCUT2D eigenvalue weighted by molar-refractivity contribution is 5.37. The monoisotopic (exact) mass is 431 g/mol. The van der Waals surface area contributed by atoms with Crippen LogP contribution in [0.4, 0.5) is 0 Å². The molecule has 0 aliphatic rings. The molecule has 0 spiro atoms. The van der Waals surface area contributed by atoms with Crippen molar-refractivity contribution in [2.75, 3.05) is 6.54 Å². The van der Waals surface area contributed by atoms with Gasteiger partial charge in [0.15, 0.2) is 0 Å². The van der Waals surface area contributed by atoms with Crippen LogP contribution in [0, 0.1) is 6.92 Å². The molecule has 3 nitrogen and oxygen atoms in total. The summed E-state index contributed by atoms with van der Waals surface area (Å²) in [5.74, 6) is 2.19. The number of aryl methyl sites for hydroxylation is 1. The summed E-state index contributed by atoms with van der Waals surface area (Å²) < 4.78 is 11.6. The first kappa shape index (κ1) is 23.9. The number of ether oxygens (including phenoxy) is 2. The molecule has 0 radical (unpaired) electrons. The molecule has 0 aromatic heterocycles. The lowest BCUT2D eigenvalue weighted by Crippen LogP contribution is -2.18. The van der Waals surface area contributed by atoms with Gasteiger partial charge in [-0.15, -0.1) is 0 Å². The van der Waals surface area contributed by atoms with Gasteiger partial charge in [0.25, 0.3) is 0 Å². The van der Waals surface area contributed by atoms with Crippen molar-refractivity contribution in [2.45, 2.75) is 65.7 Å². The van der Waals surface area contributed by atoms with E-state index in [1.54, 1.807) is 0 Å². The van der Waals surface area contributed by atoms with Crippen LogP contribution in [0.3, 0.4) is 0 Å². The van der Waals surface area contributed by atoms with Gasteiger partial charge in [0.2, 0.25) is 0 Å². The summed E-state index contributed by atoms with van der Waals surface area (Å²) in [6, 6.07) is 25.9. The molecule has 3 aromatic rings. The minimum Gasteiger partial charge on any atom is -0.491 e. The van der Waals surface area contributed by atoms with E-state index in [9.17, 15) is 0 Å². The highest BCUT2D eigenvalue weighted by Crippen LogP contribution is 2.29. The lowest BCUT2D eigenvalue weighted by Gasteiger charge is -2.20. The average Bonchev–Trinajstić information content (AvgIpc) is 2.76. The maximum absolute atomic E-state index is 5.83. The molecule has 0 aliphatic heterocycles. The Kier molecular flexibility index (Phi) is 8.75. The predicted octanol–water partition coefficient (Wildman–Crippen LogP) is 6.88. The van der Waals surface area contributed by atoms with Crippen molar-refractivity contribution in [1.82, 2.24) is 5.32 Å². The summed E-state index contributed by atoms with van der Waals surface area (Å²) in [4.78, 5) is 0. The van der Waals surface area contributed by atoms with Crippen molar-refractivity contribution in [3.05, 3.63) is 95.1 Å². The molecule has 3 heteroatoms. The zero-order valence-electron chi connectivity index (χ0n) is 20.1. The van der Waals surface area contributed by atoms with E-state index in [1.807, 2.05) is 26.0 Å². The van der Waals surface area contributed by atoms with E-state index < -0.39 is 0 Å². The maximum Gasteiger partial charge on any atom is 0.119 e. The second-order valence-corrected chi connectivity index (χ2v) is 8.97. The summed E-state index contributed by atoms with van der Waals surface area (Å²) in [6.07, 6.45) is 1.41. The Balaban J connectivity index is 1.62. The van der Waals surface area contributed by atoms with Crippen molar-refractivity contribution < 1.29 is 9.47 Å². The van der Waals surface area contributed by atoms with Crippen LogP contribution in [-0.4, -0.2) is 18.8 Å². The fourth-order valence-electron chi connectivity index (χ4n) is 3.81. The van der Waals surface area contributed by atoms with Crippen LogP contribution in [-0.2, 0) is 6.54 Å². The van der Waals surface area contributed by atoms with E-state index in [0.717, 1.165) is 31.0 Å². The van der Waals surface area contributed by atoms with E-state index in [0.29, 0.717) is 5.92 Å². The quantitative estimate of drug-likeness (QED) is 0.336. The second-order valence-electron chi connectivity index (χ2n) is 8.97. The van der Waals surface area contributed by atoms with Crippen molar-refractivity contribution in [1.29, 1.82) is 0 Å². The maximum atomic E-state index is 5.83. The Morgan fingerprint density at radius 1 is 0.656 bits per heavy atom. The molecule has 32 heavy (non-hydrogen) atoms. The lowest BCUT2D eigenvalue weighted by molar-refractivity contribution is 0.242. The molecule has 1 atom stereocenters. The van der Waals surface area contributed by atoms with Crippen LogP contribution >= 0.6 is 0 Å². The largest absolute Gasteiger partial charge is 0.491 e. The van der Waals surface area contributed by atoms with E-state index in [2.05, 4.69) is 86.8 Å². The SMILES string of the molecule is Cc1ccc([C@H](CCNCc2ccc(OC(C)C)cc2)c2ccc(OC(C)C)cc2)cc1. The molecule has 170 valence electrons. The van der Waals surface area contributed by atoms with Gasteiger partial charge in [0, 0.05) is 12.5 Å². The first-order chi connectivity index (χ1) is 15.4. The van der Waals surface area contributed by atoms with Gasteiger partial charge in [-0.1, -0.05) is 54.1 Å². The first-order valence-electron chi connectivity index (χ1n) is 11.7. The van der Waals surface area contributed by atoms with Gasteiger partial charge in [-0.05, 0) is 88.5 Å². The van der Waals surface area contributed by atoms with Crippen LogP contribution in [0.2, 0.25) is 0 Å². The smallest absolute Gasteiger partial charge is 0.119 e. The minimum absolute atomic E-state index is 0.184. The molecule has 0 amide bonds. The Bertz CT molecular complexity index is 928. The highest BCUT2D eigenvalue weighted by atomic mass is 16.5. The third-order valence-electron chi connectivity index (χ3n) is 5.37. The molecule has 3 rings (SSSR count). The van der Waals surface area contributed by atoms with Gasteiger partial charge >= 0.3 is 0 Å². The molecular weight excluding hydrogens is 394 g/mol. The van der Waals surface area contributed by atoms with Gasteiger partial charge in [-0.2, -0.15) is 0 Å². The zero-order valence-corrected chi connectivity index (χ0v) is 20.1. The first-order valence-corrected chi connectivity index (χ1v) is 11.7. The Morgan fingerprint density at radius 3 is 1.62 bits per heavy atom. The lowest BCUT2D eigenvalue weighted by atomic mass is 9.88. The Hall–Kier alpha value is -2.78. The minimum atomic E-state index is 0.184. The second kappa shape index (κ2) is 11.7. The summed E-state index contributed by atoms with van der Waals surface area (Å²) in [6.45, 7) is 12.1. The molecule has 0 aliphatic carbocycles. The fourth-order valence-corrected chi connectivity index (χ4v) is 3.81. The summed E-state index contributed by atoms with van der Waals surface area (Å²) in [5, 5.41) is 3.62. The van der Waals surface area contributed by atoms with Crippen LogP contribution in [0.15, 0.2) is 72.8 Å². The normalized spacial score (nSPS) is 12.2. The highest BCUT2D eigenvalue weighted by Gasteiger charge is 2.14. The third-order valence-corrected chi connectivity index (χ3v) is 5.37. The van der Waals surface area contributed by atoms with Crippen molar-refractivity contribution in [2.24, 2.45) is 0 Å². The molecule has 0 fully saturated rings. The standard InChI is InChI=1S/C29H37NO2/c1-21(2)31-27-14-8-24(9-15-27)20-30-19-18-29(25-10-6-23(5)7-11-25)26-12-16-28(17-13-26)32-22(3)4/h6-17,21-22,29-30H,18-20H2,1-5H3/t29-/m0/s1. The molecular formula is C29H37NO2. The van der Waals surface area contributed by atoms with Crippen LogP contribution in [0.25, 0.3) is 0 Å². The summed E-state index contributed by atoms with van der Waals surface area (Å²) in [7, 11) is 0. The molecule has 0 heterocycles. The number of hydrogen-bond acceptors (Lipinski definition) is 3. The number of nitrogens with one attached hydrogen (secondary N) is 1. The average molecular weight is 432 g/mol. The topological polar surface area (TPSA) is 30.5 Å². The van der Waals surface area contributed by atoms with Crippen molar-refractivity contribution in [3.63, 3.8) is 0 Å². The zero-order chi connectivity index (χ0) is 22.9. The molecule has 3 aromatic carbocycles. The van der Waals surface area contributed by atoms with Gasteiger partial charge in [0.05, 0.1) is 12.2 Å². The Labute approximate surface area is 193 Å². The van der Waals surface area contributed by atoms with Crippen molar-refractivity contribution in [3.8, 4) is 11.5 Å². The molecule has 1 N–H and O–H groups in total. The molecule has 0 saturated carbocycles. The van der Waals surface area contributed by atoms with Crippen LogP contribution < -0.4 is 14.8 Å². The van der Waals surface area contributed by atoms with Gasteiger partial charge in [-0.25, -0.2) is 0 Å². The Morgan fingerprint density at radius 2 is 1.12 bits per heavy atom. The van der Waals surface area contributed by atoms with E-state index >= 15 is 0 Å². The van der Waals surface area contributed by atoms with Crippen molar-refractivity contribution >= 4 is 0 Å². The summed E-state index contributed by atoms with van der Waals surface area (Å²) in [5.41, 5.74) is 5.23. The van der Waals surface area contributed by atoms with E-state index in [1.165, 1.54) is 22.3 Å². The molecule has 0 unspecified atom stereocenters. The van der Waals surface area contributed by atoms with Gasteiger partial charge in [0.1, 0.15) is 11.5 Å². The number of benzene rings is 3. The number of hydrogen-bond donors (Lipinski definition) is 1. The van der Waals surface area contributed by atoms with E-state index in [4.69, 9.17) is 9.47 Å². The predicted molar refractivity (Wildman–Crippen MR) is 134 cm³/mol. The van der Waals surface area contributed by atoms with Crippen LogP contribution in [0.5, 0.6) is 11.5 Å². The summed E-state index contributed by atoms with van der Waals surface area (Å²) >= 11 is 0. The number of rotatable bonds is 11. The molecule has 0 saturated heterocycles. The van der Waals surface area contributed by atoms with Crippen LogP contribution in [0.1, 0.15) is 62.3 Å². The fraction of sp³-hybridized carbons (Fsp3) is 0.379. The molecule has 0 bridgehead atoms. The van der Waals surface area contributed by atoms with Gasteiger partial charge in [-0.3, -0.25) is 0 Å². The van der Waals surface area contributed by atoms with Gasteiger partial charge < -0.3 is 14.8 Å². The van der Waals surface area contributed by atoms with E-state index in [-0.39, 0.29) is 12.2 Å². The third kappa shape index (κ3) is 7.42.